The molecular formula is C14H22N4O. The first-order chi connectivity index (χ1) is 8.99. The Balaban J connectivity index is 2.60. The molecule has 2 atom stereocenters. The van der Waals surface area contributed by atoms with Crippen LogP contribution in [0.5, 0.6) is 0 Å². The molecule has 1 aromatic rings. The normalized spacial score (nSPS) is 13.6. The van der Waals surface area contributed by atoms with E-state index in [4.69, 9.17) is 5.26 Å². The number of aromatic amines is 1. The number of nitrogens with zero attached hydrogens (tertiary/aromatic N) is 2. The third-order valence-corrected chi connectivity index (χ3v) is 3.37. The van der Waals surface area contributed by atoms with E-state index in [1.54, 1.807) is 0 Å². The first kappa shape index (κ1) is 15.2. The molecule has 0 saturated carbocycles. The molecule has 1 aromatic heterocycles. The van der Waals surface area contributed by atoms with Crippen molar-refractivity contribution in [1.82, 2.24) is 15.5 Å². The van der Waals surface area contributed by atoms with E-state index in [1.807, 2.05) is 27.7 Å². The van der Waals surface area contributed by atoms with Gasteiger partial charge in [-0.25, -0.2) is 0 Å². The molecule has 5 heteroatoms. The number of hydrogen-bond donors (Lipinski definition) is 2. The van der Waals surface area contributed by atoms with Crippen molar-refractivity contribution in [3.8, 4) is 6.07 Å². The Kier molecular flexibility index (Phi) is 5.56. The van der Waals surface area contributed by atoms with Crippen molar-refractivity contribution in [3.63, 3.8) is 0 Å². The number of hydrogen-bond acceptors (Lipinski definition) is 3. The SMILES string of the molecule is CCC(CC#N)NC(=O)CC(C)c1c(C)n[nH]c1C. The molecule has 5 nitrogen and oxygen atoms in total. The number of carbonyl (C=O) groups excluding carboxylic acids is 1. The van der Waals surface area contributed by atoms with E-state index >= 15 is 0 Å². The number of H-pyrrole nitrogens is 1. The van der Waals surface area contributed by atoms with Crippen LogP contribution in [0.15, 0.2) is 0 Å². The third kappa shape index (κ3) is 4.09. The van der Waals surface area contributed by atoms with Gasteiger partial charge in [-0.2, -0.15) is 10.4 Å². The first-order valence-corrected chi connectivity index (χ1v) is 6.67. The number of amides is 1. The smallest absolute Gasteiger partial charge is 0.220 e. The Bertz CT molecular complexity index is 453. The summed E-state index contributed by atoms with van der Waals surface area (Å²) in [5.41, 5.74) is 3.08. The van der Waals surface area contributed by atoms with Crippen LogP contribution < -0.4 is 5.32 Å². The average Bonchev–Trinajstić information content (AvgIpc) is 2.68. The molecule has 0 aliphatic rings. The van der Waals surface area contributed by atoms with Gasteiger partial charge in [-0.05, 0) is 31.7 Å². The molecule has 0 aliphatic heterocycles. The number of nitrogens with one attached hydrogen (secondary N) is 2. The van der Waals surface area contributed by atoms with Crippen molar-refractivity contribution in [3.05, 3.63) is 17.0 Å². The Morgan fingerprint density at radius 3 is 2.68 bits per heavy atom. The molecule has 0 aliphatic carbocycles. The van der Waals surface area contributed by atoms with Gasteiger partial charge in [0.15, 0.2) is 0 Å². The maximum Gasteiger partial charge on any atom is 0.220 e. The van der Waals surface area contributed by atoms with E-state index in [2.05, 4.69) is 21.6 Å². The minimum atomic E-state index is -0.0451. The van der Waals surface area contributed by atoms with Gasteiger partial charge in [0.05, 0.1) is 18.2 Å². The van der Waals surface area contributed by atoms with Crippen LogP contribution in [0, 0.1) is 25.2 Å². The fraction of sp³-hybridized carbons (Fsp3) is 0.643. The molecule has 0 saturated heterocycles. The molecular weight excluding hydrogens is 240 g/mol. The van der Waals surface area contributed by atoms with Gasteiger partial charge in [0.25, 0.3) is 0 Å². The van der Waals surface area contributed by atoms with Crippen molar-refractivity contribution >= 4 is 5.91 Å². The van der Waals surface area contributed by atoms with Crippen LogP contribution in [0.4, 0.5) is 0 Å². The summed E-state index contributed by atoms with van der Waals surface area (Å²) < 4.78 is 0. The Labute approximate surface area is 114 Å². The lowest BCUT2D eigenvalue weighted by Crippen LogP contribution is -2.34. The lowest BCUT2D eigenvalue weighted by molar-refractivity contribution is -0.122. The predicted octanol–water partition coefficient (Wildman–Crippen LogP) is 2.33. The lowest BCUT2D eigenvalue weighted by Gasteiger charge is -2.16. The molecule has 19 heavy (non-hydrogen) atoms. The number of aryl methyl sites for hydroxylation is 2. The topological polar surface area (TPSA) is 81.6 Å². The third-order valence-electron chi connectivity index (χ3n) is 3.37. The summed E-state index contributed by atoms with van der Waals surface area (Å²) in [5, 5.41) is 18.7. The summed E-state index contributed by atoms with van der Waals surface area (Å²) in [5.74, 6) is 0.118. The Morgan fingerprint density at radius 1 is 1.53 bits per heavy atom. The minimum absolute atomic E-state index is 0.00500. The summed E-state index contributed by atoms with van der Waals surface area (Å²) in [4.78, 5) is 12.0. The van der Waals surface area contributed by atoms with Crippen molar-refractivity contribution in [2.75, 3.05) is 0 Å². The highest BCUT2D eigenvalue weighted by atomic mass is 16.1. The zero-order chi connectivity index (χ0) is 14.4. The van der Waals surface area contributed by atoms with Gasteiger partial charge in [0, 0.05) is 18.2 Å². The number of aromatic nitrogens is 2. The van der Waals surface area contributed by atoms with Crippen LogP contribution >= 0.6 is 0 Å². The van der Waals surface area contributed by atoms with Crippen molar-refractivity contribution in [2.24, 2.45) is 0 Å². The van der Waals surface area contributed by atoms with Crippen LogP contribution in [-0.4, -0.2) is 22.1 Å². The lowest BCUT2D eigenvalue weighted by atomic mass is 9.95. The summed E-state index contributed by atoms with van der Waals surface area (Å²) in [6, 6.07) is 2.05. The van der Waals surface area contributed by atoms with Crippen LogP contribution in [0.25, 0.3) is 0 Å². The second-order valence-corrected chi connectivity index (χ2v) is 4.99. The molecule has 104 valence electrons. The number of rotatable bonds is 6. The molecule has 0 spiro atoms. The molecule has 1 amide bonds. The molecule has 2 N–H and O–H groups in total. The molecule has 2 unspecified atom stereocenters. The van der Waals surface area contributed by atoms with Gasteiger partial charge < -0.3 is 5.32 Å². The van der Waals surface area contributed by atoms with E-state index in [1.165, 1.54) is 0 Å². The van der Waals surface area contributed by atoms with Gasteiger partial charge in [-0.15, -0.1) is 0 Å². The minimum Gasteiger partial charge on any atom is -0.352 e. The molecule has 0 fully saturated rings. The van der Waals surface area contributed by atoms with Crippen LogP contribution in [-0.2, 0) is 4.79 Å². The van der Waals surface area contributed by atoms with Gasteiger partial charge in [-0.1, -0.05) is 13.8 Å². The molecule has 0 bridgehead atoms. The maximum absolute atomic E-state index is 12.0. The highest BCUT2D eigenvalue weighted by Crippen LogP contribution is 2.24. The standard InChI is InChI=1S/C14H22N4O/c1-5-12(6-7-15)16-13(19)8-9(2)14-10(3)17-18-11(14)4/h9,12H,5-6,8H2,1-4H3,(H,16,19)(H,17,18). The van der Waals surface area contributed by atoms with Gasteiger partial charge >= 0.3 is 0 Å². The second-order valence-electron chi connectivity index (χ2n) is 4.99. The van der Waals surface area contributed by atoms with Crippen LogP contribution in [0.3, 0.4) is 0 Å². The average molecular weight is 262 g/mol. The number of carbonyl (C=O) groups is 1. The number of nitriles is 1. The van der Waals surface area contributed by atoms with Crippen molar-refractivity contribution < 1.29 is 4.79 Å². The van der Waals surface area contributed by atoms with Crippen LogP contribution in [0.2, 0.25) is 0 Å². The summed E-state index contributed by atoms with van der Waals surface area (Å²) in [6.07, 6.45) is 1.56. The maximum atomic E-state index is 12.0. The molecule has 1 rings (SSSR count). The van der Waals surface area contributed by atoms with Gasteiger partial charge in [0.1, 0.15) is 0 Å². The Morgan fingerprint density at radius 2 is 2.21 bits per heavy atom. The Hall–Kier alpha value is -1.83. The predicted molar refractivity (Wildman–Crippen MR) is 73.5 cm³/mol. The fourth-order valence-electron chi connectivity index (χ4n) is 2.36. The molecule has 1 heterocycles. The zero-order valence-corrected chi connectivity index (χ0v) is 12.1. The highest BCUT2D eigenvalue weighted by molar-refractivity contribution is 5.77. The summed E-state index contributed by atoms with van der Waals surface area (Å²) >= 11 is 0. The quantitative estimate of drug-likeness (QED) is 0.825. The van der Waals surface area contributed by atoms with Crippen molar-refractivity contribution in [1.29, 1.82) is 5.26 Å². The van der Waals surface area contributed by atoms with E-state index in [9.17, 15) is 4.79 Å². The van der Waals surface area contributed by atoms with Crippen molar-refractivity contribution in [2.45, 2.75) is 58.9 Å². The van der Waals surface area contributed by atoms with E-state index in [0.29, 0.717) is 12.8 Å². The largest absolute Gasteiger partial charge is 0.352 e. The van der Waals surface area contributed by atoms with Crippen LogP contribution in [0.1, 0.15) is 56.0 Å². The zero-order valence-electron chi connectivity index (χ0n) is 12.1. The van der Waals surface area contributed by atoms with Gasteiger partial charge in [0.2, 0.25) is 5.91 Å². The second kappa shape index (κ2) is 6.93. The monoisotopic (exact) mass is 262 g/mol. The highest BCUT2D eigenvalue weighted by Gasteiger charge is 2.19. The van der Waals surface area contributed by atoms with Gasteiger partial charge in [-0.3, -0.25) is 9.89 Å². The first-order valence-electron chi connectivity index (χ1n) is 6.67. The van der Waals surface area contributed by atoms with E-state index in [0.717, 1.165) is 23.4 Å². The van der Waals surface area contributed by atoms with E-state index < -0.39 is 0 Å². The fourth-order valence-corrected chi connectivity index (χ4v) is 2.36. The molecule has 0 aromatic carbocycles. The molecule has 0 radical (unpaired) electrons. The van der Waals surface area contributed by atoms with E-state index in [-0.39, 0.29) is 17.9 Å². The summed E-state index contributed by atoms with van der Waals surface area (Å²) in [6.45, 7) is 7.90. The summed E-state index contributed by atoms with van der Waals surface area (Å²) in [7, 11) is 0.